The van der Waals surface area contributed by atoms with Gasteiger partial charge in [-0.1, -0.05) is 23.4 Å². The molecule has 1 aromatic heterocycles. The Balaban J connectivity index is 1.68. The van der Waals surface area contributed by atoms with E-state index in [1.165, 1.54) is 11.1 Å². The standard InChI is InChI=1S/C15H18N2O2/c1-15(2)8-11-4-3-5-12(14(11)19-15)9-16-10-13-6-7-18-17-13/h3-7,16H,8-10H2,1-2H3. The number of benzene rings is 1. The van der Waals surface area contributed by atoms with Crippen LogP contribution in [0.15, 0.2) is 35.1 Å². The smallest absolute Gasteiger partial charge is 0.127 e. The van der Waals surface area contributed by atoms with Crippen LogP contribution in [0.4, 0.5) is 0 Å². The van der Waals surface area contributed by atoms with Crippen molar-refractivity contribution in [3.8, 4) is 5.75 Å². The first-order valence-electron chi connectivity index (χ1n) is 6.54. The molecule has 0 fully saturated rings. The minimum absolute atomic E-state index is 0.0927. The molecule has 100 valence electrons. The van der Waals surface area contributed by atoms with Crippen molar-refractivity contribution in [2.45, 2.75) is 39.0 Å². The Morgan fingerprint density at radius 3 is 2.95 bits per heavy atom. The van der Waals surface area contributed by atoms with Gasteiger partial charge in [-0.05, 0) is 19.4 Å². The lowest BCUT2D eigenvalue weighted by Gasteiger charge is -2.18. The first kappa shape index (κ1) is 12.2. The highest BCUT2D eigenvalue weighted by Crippen LogP contribution is 2.37. The van der Waals surface area contributed by atoms with Crippen molar-refractivity contribution in [2.75, 3.05) is 0 Å². The van der Waals surface area contributed by atoms with Crippen molar-refractivity contribution in [3.05, 3.63) is 47.3 Å². The summed E-state index contributed by atoms with van der Waals surface area (Å²) >= 11 is 0. The Morgan fingerprint density at radius 1 is 1.26 bits per heavy atom. The monoisotopic (exact) mass is 258 g/mol. The van der Waals surface area contributed by atoms with Gasteiger partial charge in [-0.2, -0.15) is 0 Å². The predicted octanol–water partition coefficient (Wildman–Crippen LogP) is 2.68. The molecule has 0 saturated carbocycles. The van der Waals surface area contributed by atoms with E-state index in [9.17, 15) is 0 Å². The van der Waals surface area contributed by atoms with Crippen LogP contribution in [0.2, 0.25) is 0 Å². The molecule has 19 heavy (non-hydrogen) atoms. The topological polar surface area (TPSA) is 47.3 Å². The van der Waals surface area contributed by atoms with Crippen LogP contribution in [0.3, 0.4) is 0 Å². The molecule has 1 aromatic carbocycles. The Hall–Kier alpha value is -1.81. The first-order valence-corrected chi connectivity index (χ1v) is 6.54. The van der Waals surface area contributed by atoms with Crippen LogP contribution in [0.25, 0.3) is 0 Å². The van der Waals surface area contributed by atoms with Gasteiger partial charge in [0.25, 0.3) is 0 Å². The van der Waals surface area contributed by atoms with Crippen LogP contribution in [-0.4, -0.2) is 10.8 Å². The van der Waals surface area contributed by atoms with Crippen molar-refractivity contribution in [1.82, 2.24) is 10.5 Å². The fourth-order valence-corrected chi connectivity index (χ4v) is 2.47. The summed E-state index contributed by atoms with van der Waals surface area (Å²) in [5.41, 5.74) is 3.32. The summed E-state index contributed by atoms with van der Waals surface area (Å²) in [5.74, 6) is 1.04. The van der Waals surface area contributed by atoms with E-state index >= 15 is 0 Å². The zero-order chi connectivity index (χ0) is 13.3. The molecule has 1 aliphatic rings. The number of fused-ring (bicyclic) bond motifs is 1. The summed E-state index contributed by atoms with van der Waals surface area (Å²) in [4.78, 5) is 0. The van der Waals surface area contributed by atoms with Crippen molar-refractivity contribution in [2.24, 2.45) is 0 Å². The highest BCUT2D eigenvalue weighted by atomic mass is 16.5. The van der Waals surface area contributed by atoms with E-state index in [2.05, 4.69) is 42.5 Å². The van der Waals surface area contributed by atoms with Crippen LogP contribution < -0.4 is 10.1 Å². The van der Waals surface area contributed by atoms with Crippen LogP contribution in [0.5, 0.6) is 5.75 Å². The van der Waals surface area contributed by atoms with Crippen molar-refractivity contribution in [1.29, 1.82) is 0 Å². The Kier molecular flexibility index (Phi) is 3.03. The second-order valence-corrected chi connectivity index (χ2v) is 5.54. The zero-order valence-electron chi connectivity index (χ0n) is 11.3. The molecule has 3 rings (SSSR count). The molecule has 0 spiro atoms. The van der Waals surface area contributed by atoms with E-state index in [0.29, 0.717) is 6.54 Å². The molecule has 4 heteroatoms. The fraction of sp³-hybridized carbons (Fsp3) is 0.400. The molecule has 0 saturated heterocycles. The number of aromatic nitrogens is 1. The minimum Gasteiger partial charge on any atom is -0.487 e. The maximum absolute atomic E-state index is 6.04. The van der Waals surface area contributed by atoms with E-state index in [1.54, 1.807) is 6.26 Å². The molecule has 0 radical (unpaired) electrons. The van der Waals surface area contributed by atoms with Gasteiger partial charge in [0.05, 0.1) is 5.69 Å². The van der Waals surface area contributed by atoms with Gasteiger partial charge in [0.1, 0.15) is 17.6 Å². The fourth-order valence-electron chi connectivity index (χ4n) is 2.47. The molecule has 0 atom stereocenters. The summed E-state index contributed by atoms with van der Waals surface area (Å²) in [6.07, 6.45) is 2.56. The second kappa shape index (κ2) is 4.70. The molecule has 0 amide bonds. The van der Waals surface area contributed by atoms with E-state index < -0.39 is 0 Å². The molecule has 4 nitrogen and oxygen atoms in total. The molecule has 2 aromatic rings. The molecular formula is C15H18N2O2. The van der Waals surface area contributed by atoms with Crippen molar-refractivity contribution >= 4 is 0 Å². The number of hydrogen-bond donors (Lipinski definition) is 1. The zero-order valence-corrected chi connectivity index (χ0v) is 11.3. The number of para-hydroxylation sites is 1. The third-order valence-corrected chi connectivity index (χ3v) is 3.29. The number of nitrogens with one attached hydrogen (secondary N) is 1. The number of hydrogen-bond acceptors (Lipinski definition) is 4. The van der Waals surface area contributed by atoms with Crippen LogP contribution in [0.1, 0.15) is 30.7 Å². The lowest BCUT2D eigenvalue weighted by molar-refractivity contribution is 0.137. The van der Waals surface area contributed by atoms with Gasteiger partial charge < -0.3 is 14.6 Å². The molecule has 0 bridgehead atoms. The summed E-state index contributed by atoms with van der Waals surface area (Å²) in [5, 5.41) is 7.23. The van der Waals surface area contributed by atoms with Gasteiger partial charge in [0, 0.05) is 31.1 Å². The van der Waals surface area contributed by atoms with Gasteiger partial charge in [-0.25, -0.2) is 0 Å². The minimum atomic E-state index is -0.0927. The highest BCUT2D eigenvalue weighted by molar-refractivity contribution is 5.45. The summed E-state index contributed by atoms with van der Waals surface area (Å²) in [6.45, 7) is 5.72. The normalized spacial score (nSPS) is 16.1. The molecule has 2 heterocycles. The molecule has 0 unspecified atom stereocenters. The third-order valence-electron chi connectivity index (χ3n) is 3.29. The number of ether oxygens (including phenoxy) is 1. The number of nitrogens with zero attached hydrogens (tertiary/aromatic N) is 1. The average Bonchev–Trinajstić information content (AvgIpc) is 2.95. The maximum atomic E-state index is 6.04. The summed E-state index contributed by atoms with van der Waals surface area (Å²) in [6, 6.07) is 8.21. The van der Waals surface area contributed by atoms with Crippen LogP contribution in [0, 0.1) is 0 Å². The third kappa shape index (κ3) is 2.63. The summed E-state index contributed by atoms with van der Waals surface area (Å²) in [7, 11) is 0. The Labute approximate surface area is 112 Å². The maximum Gasteiger partial charge on any atom is 0.127 e. The average molecular weight is 258 g/mol. The SMILES string of the molecule is CC1(C)Cc2cccc(CNCc3ccon3)c2O1. The second-order valence-electron chi connectivity index (χ2n) is 5.54. The summed E-state index contributed by atoms with van der Waals surface area (Å²) < 4.78 is 10.8. The Bertz CT molecular complexity index is 562. The van der Waals surface area contributed by atoms with Crippen LogP contribution in [-0.2, 0) is 19.5 Å². The molecular weight excluding hydrogens is 240 g/mol. The van der Waals surface area contributed by atoms with Crippen molar-refractivity contribution in [3.63, 3.8) is 0 Å². The van der Waals surface area contributed by atoms with E-state index in [1.807, 2.05) is 6.07 Å². The van der Waals surface area contributed by atoms with E-state index in [-0.39, 0.29) is 5.60 Å². The van der Waals surface area contributed by atoms with Crippen LogP contribution >= 0.6 is 0 Å². The highest BCUT2D eigenvalue weighted by Gasteiger charge is 2.31. The quantitative estimate of drug-likeness (QED) is 0.916. The van der Waals surface area contributed by atoms with E-state index in [0.717, 1.165) is 24.4 Å². The lowest BCUT2D eigenvalue weighted by Crippen LogP contribution is -2.25. The van der Waals surface area contributed by atoms with Gasteiger partial charge in [-0.15, -0.1) is 0 Å². The molecule has 0 aliphatic carbocycles. The Morgan fingerprint density at radius 2 is 2.16 bits per heavy atom. The first-order chi connectivity index (χ1) is 9.14. The molecule has 1 N–H and O–H groups in total. The van der Waals surface area contributed by atoms with Gasteiger partial charge in [0.15, 0.2) is 0 Å². The predicted molar refractivity (Wildman–Crippen MR) is 71.9 cm³/mol. The molecule has 1 aliphatic heterocycles. The number of rotatable bonds is 4. The largest absolute Gasteiger partial charge is 0.487 e. The van der Waals surface area contributed by atoms with Gasteiger partial charge in [-0.3, -0.25) is 0 Å². The van der Waals surface area contributed by atoms with Crippen molar-refractivity contribution < 1.29 is 9.26 Å². The van der Waals surface area contributed by atoms with Gasteiger partial charge >= 0.3 is 0 Å². The van der Waals surface area contributed by atoms with E-state index in [4.69, 9.17) is 9.26 Å². The van der Waals surface area contributed by atoms with Gasteiger partial charge in [0.2, 0.25) is 0 Å². The lowest BCUT2D eigenvalue weighted by atomic mass is 10.0.